The van der Waals surface area contributed by atoms with Crippen LogP contribution >= 0.6 is 23.4 Å². The minimum absolute atomic E-state index is 0.767. The number of aromatic nitrogens is 3. The lowest BCUT2D eigenvalue weighted by Crippen LogP contribution is -2.36. The number of thioether (sulfide) groups is 1. The Morgan fingerprint density at radius 1 is 1.17 bits per heavy atom. The first kappa shape index (κ1) is 16.8. The number of hydrogen-bond donors (Lipinski definition) is 0. The Kier molecular flexibility index (Phi) is 5.94. The van der Waals surface area contributed by atoms with E-state index in [4.69, 9.17) is 16.3 Å². The van der Waals surface area contributed by atoms with Crippen LogP contribution in [0.5, 0.6) is 0 Å². The highest BCUT2D eigenvalue weighted by Crippen LogP contribution is 2.23. The van der Waals surface area contributed by atoms with Crippen LogP contribution in [0.2, 0.25) is 5.02 Å². The van der Waals surface area contributed by atoms with Gasteiger partial charge >= 0.3 is 0 Å². The molecule has 1 aromatic carbocycles. The minimum Gasteiger partial charge on any atom is -0.379 e. The summed E-state index contributed by atoms with van der Waals surface area (Å²) >= 11 is 7.64. The standard InChI is InChI=1S/C16H21ClN4OS/c1-2-21-15(11-20-7-9-22-10-8-20)18-19-16(21)23-12-13-3-5-14(17)6-4-13/h3-6H,2,7-12H2,1H3. The van der Waals surface area contributed by atoms with Crippen LogP contribution in [-0.2, 0) is 23.6 Å². The molecule has 0 aliphatic carbocycles. The third-order valence-corrected chi connectivity index (χ3v) is 5.15. The predicted molar refractivity (Wildman–Crippen MR) is 92.8 cm³/mol. The molecule has 0 N–H and O–H groups in total. The van der Waals surface area contributed by atoms with Gasteiger partial charge in [0.2, 0.25) is 0 Å². The molecule has 0 amide bonds. The third-order valence-electron chi connectivity index (χ3n) is 3.86. The average molecular weight is 353 g/mol. The monoisotopic (exact) mass is 352 g/mol. The lowest BCUT2D eigenvalue weighted by atomic mass is 10.2. The SMILES string of the molecule is CCn1c(CN2CCOCC2)nnc1SCc1ccc(Cl)cc1. The summed E-state index contributed by atoms with van der Waals surface area (Å²) in [5.41, 5.74) is 1.24. The van der Waals surface area contributed by atoms with E-state index in [-0.39, 0.29) is 0 Å². The van der Waals surface area contributed by atoms with Crippen molar-refractivity contribution in [2.75, 3.05) is 26.3 Å². The Hall–Kier alpha value is -1.08. The number of hydrogen-bond acceptors (Lipinski definition) is 5. The summed E-state index contributed by atoms with van der Waals surface area (Å²) in [6.07, 6.45) is 0. The molecule has 0 atom stereocenters. The summed E-state index contributed by atoms with van der Waals surface area (Å²) in [6.45, 7) is 7.39. The number of halogens is 1. The molecule has 7 heteroatoms. The summed E-state index contributed by atoms with van der Waals surface area (Å²) in [4.78, 5) is 2.37. The minimum atomic E-state index is 0.767. The highest BCUT2D eigenvalue weighted by atomic mass is 35.5. The smallest absolute Gasteiger partial charge is 0.191 e. The molecule has 1 aromatic heterocycles. The Labute approximate surface area is 146 Å². The van der Waals surface area contributed by atoms with E-state index in [2.05, 4.69) is 38.7 Å². The van der Waals surface area contributed by atoms with Gasteiger partial charge in [-0.05, 0) is 24.6 Å². The highest BCUT2D eigenvalue weighted by molar-refractivity contribution is 7.98. The zero-order valence-corrected chi connectivity index (χ0v) is 14.8. The largest absolute Gasteiger partial charge is 0.379 e. The second kappa shape index (κ2) is 8.15. The number of rotatable bonds is 6. The highest BCUT2D eigenvalue weighted by Gasteiger charge is 2.17. The molecule has 0 bridgehead atoms. The first-order valence-corrected chi connectivity index (χ1v) is 9.22. The number of ether oxygens (including phenoxy) is 1. The maximum atomic E-state index is 5.93. The molecule has 1 aliphatic rings. The molecule has 5 nitrogen and oxygen atoms in total. The van der Waals surface area contributed by atoms with Gasteiger partial charge in [-0.2, -0.15) is 0 Å². The van der Waals surface area contributed by atoms with Crippen LogP contribution in [0.1, 0.15) is 18.3 Å². The van der Waals surface area contributed by atoms with Crippen molar-refractivity contribution >= 4 is 23.4 Å². The second-order valence-corrected chi connectivity index (χ2v) is 6.83. The lowest BCUT2D eigenvalue weighted by molar-refractivity contribution is 0.0325. The second-order valence-electron chi connectivity index (χ2n) is 5.45. The molecule has 0 spiro atoms. The van der Waals surface area contributed by atoms with E-state index in [1.807, 2.05) is 12.1 Å². The Balaban J connectivity index is 1.64. The van der Waals surface area contributed by atoms with E-state index < -0.39 is 0 Å². The lowest BCUT2D eigenvalue weighted by Gasteiger charge is -2.26. The van der Waals surface area contributed by atoms with Gasteiger partial charge in [-0.15, -0.1) is 10.2 Å². The molecule has 0 unspecified atom stereocenters. The van der Waals surface area contributed by atoms with Crippen LogP contribution in [0, 0.1) is 0 Å². The normalized spacial score (nSPS) is 15.9. The molecule has 0 radical (unpaired) electrons. The van der Waals surface area contributed by atoms with Crippen LogP contribution < -0.4 is 0 Å². The summed E-state index contributed by atoms with van der Waals surface area (Å²) in [6, 6.07) is 7.95. The number of benzene rings is 1. The van der Waals surface area contributed by atoms with Gasteiger partial charge in [0.1, 0.15) is 5.82 Å². The van der Waals surface area contributed by atoms with Gasteiger partial charge in [-0.3, -0.25) is 4.90 Å². The van der Waals surface area contributed by atoms with Crippen molar-refractivity contribution in [3.8, 4) is 0 Å². The molecule has 124 valence electrons. The van der Waals surface area contributed by atoms with Gasteiger partial charge in [0.15, 0.2) is 5.16 Å². The van der Waals surface area contributed by atoms with Crippen molar-refractivity contribution < 1.29 is 4.74 Å². The maximum absolute atomic E-state index is 5.93. The van der Waals surface area contributed by atoms with Crippen molar-refractivity contribution in [3.05, 3.63) is 40.7 Å². The Morgan fingerprint density at radius 2 is 1.91 bits per heavy atom. The van der Waals surface area contributed by atoms with E-state index in [9.17, 15) is 0 Å². The average Bonchev–Trinajstić information content (AvgIpc) is 2.97. The van der Waals surface area contributed by atoms with Crippen LogP contribution in [0.15, 0.2) is 29.4 Å². The van der Waals surface area contributed by atoms with Crippen LogP contribution in [-0.4, -0.2) is 46.0 Å². The van der Waals surface area contributed by atoms with Gasteiger partial charge < -0.3 is 9.30 Å². The van der Waals surface area contributed by atoms with E-state index >= 15 is 0 Å². The van der Waals surface area contributed by atoms with Gasteiger partial charge in [0.25, 0.3) is 0 Å². The van der Waals surface area contributed by atoms with Crippen molar-refractivity contribution in [2.45, 2.75) is 30.9 Å². The molecule has 2 aromatic rings. The van der Waals surface area contributed by atoms with E-state index in [1.165, 1.54) is 5.56 Å². The Bertz CT molecular complexity index is 626. The Morgan fingerprint density at radius 3 is 2.61 bits per heavy atom. The molecule has 0 saturated carbocycles. The summed E-state index contributed by atoms with van der Waals surface area (Å²) in [5.74, 6) is 1.90. The fraction of sp³-hybridized carbons (Fsp3) is 0.500. The van der Waals surface area contributed by atoms with Crippen LogP contribution in [0.25, 0.3) is 0 Å². The van der Waals surface area contributed by atoms with Crippen molar-refractivity contribution in [1.29, 1.82) is 0 Å². The molecule has 1 fully saturated rings. The third kappa shape index (κ3) is 4.47. The topological polar surface area (TPSA) is 43.2 Å². The van der Waals surface area contributed by atoms with Crippen molar-refractivity contribution in [1.82, 2.24) is 19.7 Å². The van der Waals surface area contributed by atoms with Crippen LogP contribution in [0.3, 0.4) is 0 Å². The maximum Gasteiger partial charge on any atom is 0.191 e. The summed E-state index contributed by atoms with van der Waals surface area (Å²) < 4.78 is 7.60. The summed E-state index contributed by atoms with van der Waals surface area (Å²) in [7, 11) is 0. The molecular formula is C16H21ClN4OS. The van der Waals surface area contributed by atoms with E-state index in [1.54, 1.807) is 11.8 Å². The zero-order valence-electron chi connectivity index (χ0n) is 13.2. The number of morpholine rings is 1. The first-order chi connectivity index (χ1) is 11.3. The summed E-state index contributed by atoms with van der Waals surface area (Å²) in [5, 5.41) is 10.5. The predicted octanol–water partition coefficient (Wildman–Crippen LogP) is 3.08. The molecule has 3 rings (SSSR count). The fourth-order valence-electron chi connectivity index (χ4n) is 2.55. The van der Waals surface area contributed by atoms with E-state index in [0.29, 0.717) is 0 Å². The quantitative estimate of drug-likeness (QED) is 0.747. The van der Waals surface area contributed by atoms with Gasteiger partial charge in [0, 0.05) is 30.4 Å². The molecular weight excluding hydrogens is 332 g/mol. The fourth-order valence-corrected chi connectivity index (χ4v) is 3.65. The van der Waals surface area contributed by atoms with E-state index in [0.717, 1.165) is 61.1 Å². The first-order valence-electron chi connectivity index (χ1n) is 7.85. The van der Waals surface area contributed by atoms with Gasteiger partial charge in [-0.25, -0.2) is 0 Å². The van der Waals surface area contributed by atoms with Gasteiger partial charge in [-0.1, -0.05) is 35.5 Å². The van der Waals surface area contributed by atoms with Crippen LogP contribution in [0.4, 0.5) is 0 Å². The molecule has 1 saturated heterocycles. The molecule has 2 heterocycles. The van der Waals surface area contributed by atoms with Crippen molar-refractivity contribution in [2.24, 2.45) is 0 Å². The van der Waals surface area contributed by atoms with Crippen molar-refractivity contribution in [3.63, 3.8) is 0 Å². The molecule has 23 heavy (non-hydrogen) atoms. The van der Waals surface area contributed by atoms with Gasteiger partial charge in [0.05, 0.1) is 19.8 Å². The molecule has 1 aliphatic heterocycles. The number of nitrogens with zero attached hydrogens (tertiary/aromatic N) is 4. The zero-order chi connectivity index (χ0) is 16.1.